The molecule has 0 radical (unpaired) electrons. The van der Waals surface area contributed by atoms with Crippen LogP contribution in [0.5, 0.6) is 5.75 Å². The Morgan fingerprint density at radius 1 is 1.18 bits per heavy atom. The number of aryl methyl sites for hydroxylation is 1. The number of hydrogen-bond donors (Lipinski definition) is 1. The molecule has 0 bridgehead atoms. The molecule has 0 heterocycles. The number of carbonyl (C=O) groups is 1. The minimum atomic E-state index is -0.257. The lowest BCUT2D eigenvalue weighted by Crippen LogP contribution is -2.20. The van der Waals surface area contributed by atoms with Crippen molar-refractivity contribution < 1.29 is 9.53 Å². The van der Waals surface area contributed by atoms with Crippen molar-refractivity contribution in [3.63, 3.8) is 0 Å². The van der Waals surface area contributed by atoms with Crippen LogP contribution in [0.2, 0.25) is 5.02 Å². The molecule has 2 aromatic rings. The summed E-state index contributed by atoms with van der Waals surface area (Å²) in [4.78, 5) is 12.0. The average molecular weight is 512 g/mol. The van der Waals surface area contributed by atoms with Crippen LogP contribution in [0.25, 0.3) is 0 Å². The highest BCUT2D eigenvalue weighted by Crippen LogP contribution is 2.32. The molecule has 3 nitrogen and oxygen atoms in total. The second kappa shape index (κ2) is 7.81. The van der Waals surface area contributed by atoms with Crippen molar-refractivity contribution in [3.05, 3.63) is 54.3 Å². The highest BCUT2D eigenvalue weighted by Gasteiger charge is 2.10. The molecule has 116 valence electrons. The van der Waals surface area contributed by atoms with Crippen LogP contribution in [0.4, 0.5) is 5.69 Å². The van der Waals surface area contributed by atoms with E-state index < -0.39 is 0 Å². The fraction of sp³-hybridized carbons (Fsp3) is 0.133. The maximum Gasteiger partial charge on any atom is 0.262 e. The van der Waals surface area contributed by atoms with Crippen LogP contribution in [0.1, 0.15) is 5.56 Å². The normalized spacial score (nSPS) is 10.4. The first-order chi connectivity index (χ1) is 10.4. The molecular weight excluding hydrogens is 501 g/mol. The number of nitrogens with one attached hydrogen (secondary N) is 1. The number of hydrogen-bond acceptors (Lipinski definition) is 2. The van der Waals surface area contributed by atoms with Crippen LogP contribution >= 0.6 is 59.4 Å². The fourth-order valence-corrected chi connectivity index (χ4v) is 3.76. The summed E-state index contributed by atoms with van der Waals surface area (Å²) in [6.45, 7) is 1.83. The van der Waals surface area contributed by atoms with Crippen LogP contribution in [0.3, 0.4) is 0 Å². The highest BCUT2D eigenvalue weighted by molar-refractivity contribution is 9.11. The zero-order valence-corrected chi connectivity index (χ0v) is 16.9. The van der Waals surface area contributed by atoms with Crippen LogP contribution in [0.15, 0.2) is 43.7 Å². The number of amides is 1. The van der Waals surface area contributed by atoms with Gasteiger partial charge in [0.1, 0.15) is 5.75 Å². The van der Waals surface area contributed by atoms with Crippen molar-refractivity contribution in [2.75, 3.05) is 11.9 Å². The Morgan fingerprint density at radius 2 is 1.91 bits per heavy atom. The molecule has 0 spiro atoms. The molecule has 7 heteroatoms. The minimum Gasteiger partial charge on any atom is -0.482 e. The third-order valence-corrected chi connectivity index (χ3v) is 5.02. The van der Waals surface area contributed by atoms with Crippen molar-refractivity contribution in [1.82, 2.24) is 0 Å². The van der Waals surface area contributed by atoms with Crippen LogP contribution in [0, 0.1) is 6.92 Å². The van der Waals surface area contributed by atoms with Gasteiger partial charge in [-0.3, -0.25) is 4.79 Å². The molecule has 2 rings (SSSR count). The van der Waals surface area contributed by atoms with Gasteiger partial charge in [0.15, 0.2) is 6.61 Å². The predicted octanol–water partition coefficient (Wildman–Crippen LogP) is 5.95. The topological polar surface area (TPSA) is 38.3 Å². The molecule has 0 saturated heterocycles. The number of carbonyl (C=O) groups excluding carboxylic acids is 1. The lowest BCUT2D eigenvalue weighted by molar-refractivity contribution is -0.118. The Hall–Kier alpha value is -0.560. The molecule has 0 aliphatic carbocycles. The van der Waals surface area contributed by atoms with Gasteiger partial charge >= 0.3 is 0 Å². The summed E-state index contributed by atoms with van der Waals surface area (Å²) in [6.07, 6.45) is 0. The summed E-state index contributed by atoms with van der Waals surface area (Å²) in [5.74, 6) is 0.389. The fourth-order valence-electron chi connectivity index (χ4n) is 1.78. The quantitative estimate of drug-likeness (QED) is 0.550. The molecule has 1 N–H and O–H groups in total. The molecule has 0 atom stereocenters. The van der Waals surface area contributed by atoms with E-state index in [9.17, 15) is 4.79 Å². The van der Waals surface area contributed by atoms with Crippen molar-refractivity contribution in [1.29, 1.82) is 0 Å². The van der Waals surface area contributed by atoms with E-state index in [0.29, 0.717) is 16.5 Å². The Balaban J connectivity index is 2.00. The predicted molar refractivity (Wildman–Crippen MR) is 99.9 cm³/mol. The van der Waals surface area contributed by atoms with Crippen molar-refractivity contribution in [2.45, 2.75) is 6.92 Å². The van der Waals surface area contributed by atoms with Crippen molar-refractivity contribution in [2.24, 2.45) is 0 Å². The zero-order valence-electron chi connectivity index (χ0n) is 11.4. The van der Waals surface area contributed by atoms with E-state index in [1.807, 2.05) is 19.1 Å². The Labute approximate surface area is 158 Å². The Morgan fingerprint density at radius 3 is 2.55 bits per heavy atom. The Bertz CT molecular complexity index is 699. The molecule has 0 aliphatic rings. The first-order valence-electron chi connectivity index (χ1n) is 6.20. The van der Waals surface area contributed by atoms with Gasteiger partial charge < -0.3 is 10.1 Å². The smallest absolute Gasteiger partial charge is 0.262 e. The monoisotopic (exact) mass is 509 g/mol. The van der Waals surface area contributed by atoms with Crippen LogP contribution < -0.4 is 10.1 Å². The van der Waals surface area contributed by atoms with Gasteiger partial charge in [-0.25, -0.2) is 0 Å². The zero-order chi connectivity index (χ0) is 16.3. The molecule has 0 fully saturated rings. The number of halogens is 4. The summed E-state index contributed by atoms with van der Waals surface area (Å²) in [7, 11) is 0. The van der Waals surface area contributed by atoms with E-state index in [0.717, 1.165) is 19.0 Å². The first kappa shape index (κ1) is 17.8. The number of benzene rings is 2. The summed E-state index contributed by atoms with van der Waals surface area (Å²) in [5.41, 5.74) is 1.55. The highest BCUT2D eigenvalue weighted by atomic mass is 79.9. The molecule has 0 saturated carbocycles. The first-order valence-corrected chi connectivity index (χ1v) is 8.96. The third kappa shape index (κ3) is 4.72. The molecule has 1 amide bonds. The summed E-state index contributed by atoms with van der Waals surface area (Å²) < 4.78 is 8.10. The molecular formula is C15H11Br3ClNO2. The van der Waals surface area contributed by atoms with Gasteiger partial charge in [-0.15, -0.1) is 0 Å². The maximum absolute atomic E-state index is 12.0. The van der Waals surface area contributed by atoms with Gasteiger partial charge in [-0.2, -0.15) is 0 Å². The molecule has 22 heavy (non-hydrogen) atoms. The van der Waals surface area contributed by atoms with Gasteiger partial charge in [0, 0.05) is 14.6 Å². The number of ether oxygens (including phenoxy) is 1. The van der Waals surface area contributed by atoms with E-state index >= 15 is 0 Å². The third-order valence-electron chi connectivity index (χ3n) is 2.75. The summed E-state index contributed by atoms with van der Waals surface area (Å²) in [5, 5.41) is 3.27. The summed E-state index contributed by atoms with van der Waals surface area (Å²) in [6, 6.07) is 8.99. The molecule has 0 aliphatic heterocycles. The van der Waals surface area contributed by atoms with Crippen molar-refractivity contribution >= 4 is 71.0 Å². The maximum atomic E-state index is 12.0. The van der Waals surface area contributed by atoms with E-state index in [4.69, 9.17) is 16.3 Å². The molecule has 2 aromatic carbocycles. The largest absolute Gasteiger partial charge is 0.482 e. The SMILES string of the molecule is Cc1cc(Br)cc(Br)c1OCC(=O)Nc1ccc(Br)c(Cl)c1. The van der Waals surface area contributed by atoms with Gasteiger partial charge in [0.05, 0.1) is 9.50 Å². The summed E-state index contributed by atoms with van der Waals surface area (Å²) >= 11 is 16.1. The Kier molecular flexibility index (Phi) is 6.32. The molecule has 0 unspecified atom stereocenters. The van der Waals surface area contributed by atoms with Gasteiger partial charge in [-0.05, 0) is 74.7 Å². The van der Waals surface area contributed by atoms with E-state index in [-0.39, 0.29) is 12.5 Å². The van der Waals surface area contributed by atoms with Crippen LogP contribution in [-0.4, -0.2) is 12.5 Å². The number of rotatable bonds is 4. The average Bonchev–Trinajstić information content (AvgIpc) is 2.41. The number of anilines is 1. The van der Waals surface area contributed by atoms with Gasteiger partial charge in [0.25, 0.3) is 5.91 Å². The van der Waals surface area contributed by atoms with Gasteiger partial charge in [0.2, 0.25) is 0 Å². The lowest BCUT2D eigenvalue weighted by Gasteiger charge is -2.12. The second-order valence-corrected chi connectivity index (χ2v) is 7.53. The lowest BCUT2D eigenvalue weighted by atomic mass is 10.2. The minimum absolute atomic E-state index is 0.0885. The van der Waals surface area contributed by atoms with Gasteiger partial charge in [-0.1, -0.05) is 27.5 Å². The molecule has 0 aromatic heterocycles. The van der Waals surface area contributed by atoms with E-state index in [2.05, 4.69) is 53.1 Å². The van der Waals surface area contributed by atoms with E-state index in [1.54, 1.807) is 18.2 Å². The second-order valence-electron chi connectivity index (χ2n) is 4.50. The standard InChI is InChI=1S/C15H11Br3ClNO2/c1-8-4-9(16)5-12(18)15(8)22-7-14(21)20-10-2-3-11(17)13(19)6-10/h2-6H,7H2,1H3,(H,20,21). The van der Waals surface area contributed by atoms with E-state index in [1.165, 1.54) is 0 Å². The van der Waals surface area contributed by atoms with Crippen molar-refractivity contribution in [3.8, 4) is 5.75 Å². The van der Waals surface area contributed by atoms with Crippen LogP contribution in [-0.2, 0) is 4.79 Å².